The van der Waals surface area contributed by atoms with E-state index < -0.39 is 20.8 Å². The summed E-state index contributed by atoms with van der Waals surface area (Å²) >= 11 is 0. The van der Waals surface area contributed by atoms with Crippen LogP contribution in [0.4, 0.5) is 0 Å². The molecular weight excluding hydrogens is 468 g/mol. The van der Waals surface area contributed by atoms with E-state index in [4.69, 9.17) is 9.11 Å². The van der Waals surface area contributed by atoms with E-state index in [9.17, 15) is 16.8 Å². The molecule has 0 aliphatic rings. The Morgan fingerprint density at radius 2 is 1.13 bits per heavy atom. The summed E-state index contributed by atoms with van der Waals surface area (Å²) in [6.45, 7) is 0. The topological polar surface area (TPSA) is 140 Å². The standard InChI is InChI=1S/C18H15NO8S2.2Na.2H/c20-28(21,22)26-15-8-4-13(5-9-15)18(17-3-1-2-12-19-17)14-6-10-16(11-7-14)27-29(23,24)25;;;;/h1-12,18H,(H,20,21,22)(H,23,24,25);;;;/q;2*+1;2*-1. The maximum Gasteiger partial charge on any atom is 1.00 e. The normalized spacial score (nSPS) is 11.2. The van der Waals surface area contributed by atoms with E-state index in [0.717, 1.165) is 11.1 Å². The van der Waals surface area contributed by atoms with Crippen molar-refractivity contribution in [1.29, 1.82) is 0 Å². The zero-order chi connectivity index (χ0) is 21.1. The Kier molecular flexibility index (Phi) is 10.6. The Morgan fingerprint density at radius 1 is 0.710 bits per heavy atom. The number of aromatic nitrogens is 1. The second-order valence-corrected chi connectivity index (χ2v) is 7.89. The number of hydrogen-bond acceptors (Lipinski definition) is 7. The summed E-state index contributed by atoms with van der Waals surface area (Å²) in [7, 11) is -9.26. The van der Waals surface area contributed by atoms with Crippen molar-refractivity contribution >= 4 is 20.8 Å². The van der Waals surface area contributed by atoms with Gasteiger partial charge in [0.1, 0.15) is 11.5 Å². The van der Waals surface area contributed by atoms with Crippen LogP contribution in [0.5, 0.6) is 11.5 Å². The largest absolute Gasteiger partial charge is 1.00 e. The van der Waals surface area contributed by atoms with Crippen LogP contribution >= 0.6 is 0 Å². The molecule has 2 aromatic carbocycles. The molecule has 0 aliphatic carbocycles. The fraction of sp³-hybridized carbons (Fsp3) is 0.0556. The van der Waals surface area contributed by atoms with E-state index in [1.54, 1.807) is 48.7 Å². The Labute approximate surface area is 227 Å². The SMILES string of the molecule is O=S(=O)(O)Oc1ccc(C(c2ccc(OS(=O)(=O)O)cc2)c2ccccn2)cc1.[H-].[H-].[Na+].[Na+]. The summed E-state index contributed by atoms with van der Waals surface area (Å²) in [5.74, 6) is -0.503. The predicted molar refractivity (Wildman–Crippen MR) is 105 cm³/mol. The minimum absolute atomic E-state index is 0. The summed E-state index contributed by atoms with van der Waals surface area (Å²) in [6, 6.07) is 17.4. The Morgan fingerprint density at radius 3 is 1.45 bits per heavy atom. The maximum absolute atomic E-state index is 10.8. The quantitative estimate of drug-likeness (QED) is 0.262. The van der Waals surface area contributed by atoms with Gasteiger partial charge in [-0.2, -0.15) is 16.8 Å². The molecule has 0 saturated carbocycles. The van der Waals surface area contributed by atoms with Gasteiger partial charge in [-0.05, 0) is 47.5 Å². The van der Waals surface area contributed by atoms with Crippen molar-refractivity contribution in [1.82, 2.24) is 4.98 Å². The van der Waals surface area contributed by atoms with Crippen molar-refractivity contribution in [3.05, 3.63) is 89.7 Å². The van der Waals surface area contributed by atoms with E-state index in [0.29, 0.717) is 5.69 Å². The summed E-state index contributed by atoms with van der Waals surface area (Å²) < 4.78 is 69.8. The molecule has 3 aromatic rings. The van der Waals surface area contributed by atoms with Crippen molar-refractivity contribution in [2.75, 3.05) is 0 Å². The van der Waals surface area contributed by atoms with Gasteiger partial charge < -0.3 is 11.2 Å². The van der Waals surface area contributed by atoms with E-state index >= 15 is 0 Å². The van der Waals surface area contributed by atoms with E-state index in [-0.39, 0.29) is 79.4 Å². The first-order chi connectivity index (χ1) is 13.6. The molecule has 1 aromatic heterocycles. The van der Waals surface area contributed by atoms with Gasteiger partial charge in [0, 0.05) is 6.20 Å². The van der Waals surface area contributed by atoms with Crippen molar-refractivity contribution in [3.63, 3.8) is 0 Å². The zero-order valence-electron chi connectivity index (χ0n) is 18.6. The first kappa shape index (κ1) is 28.0. The summed E-state index contributed by atoms with van der Waals surface area (Å²) in [4.78, 5) is 4.36. The zero-order valence-corrected chi connectivity index (χ0v) is 22.2. The smallest absolute Gasteiger partial charge is 1.00 e. The second kappa shape index (κ2) is 11.8. The Balaban J connectivity index is 0. The molecular formula is C18H17NNa2O8S2. The monoisotopic (exact) mass is 485 g/mol. The van der Waals surface area contributed by atoms with Gasteiger partial charge in [-0.25, -0.2) is 0 Å². The van der Waals surface area contributed by atoms with Gasteiger partial charge in [-0.3, -0.25) is 14.1 Å². The van der Waals surface area contributed by atoms with Crippen molar-refractivity contribution in [2.45, 2.75) is 5.92 Å². The minimum atomic E-state index is -4.63. The molecule has 0 aliphatic heterocycles. The average Bonchev–Trinajstić information content (AvgIpc) is 2.63. The molecule has 0 amide bonds. The van der Waals surface area contributed by atoms with Crippen LogP contribution in [0.3, 0.4) is 0 Å². The molecule has 1 heterocycles. The van der Waals surface area contributed by atoms with Crippen molar-refractivity contribution < 1.29 is 96.3 Å². The van der Waals surface area contributed by atoms with E-state index in [1.165, 1.54) is 24.3 Å². The van der Waals surface area contributed by atoms with Gasteiger partial charge in [0.15, 0.2) is 0 Å². The molecule has 0 atom stereocenters. The fourth-order valence-electron chi connectivity index (χ4n) is 2.76. The molecule has 0 spiro atoms. The third kappa shape index (κ3) is 8.81. The number of hydrogen-bond donors (Lipinski definition) is 2. The third-order valence-corrected chi connectivity index (χ3v) is 4.62. The van der Waals surface area contributed by atoms with E-state index in [2.05, 4.69) is 13.4 Å². The van der Waals surface area contributed by atoms with Gasteiger partial charge in [0.2, 0.25) is 0 Å². The van der Waals surface area contributed by atoms with Crippen LogP contribution < -0.4 is 67.5 Å². The van der Waals surface area contributed by atoms with Crippen LogP contribution in [0.2, 0.25) is 0 Å². The molecule has 0 radical (unpaired) electrons. The van der Waals surface area contributed by atoms with Crippen molar-refractivity contribution in [3.8, 4) is 11.5 Å². The molecule has 0 fully saturated rings. The molecule has 9 nitrogen and oxygen atoms in total. The van der Waals surface area contributed by atoms with Gasteiger partial charge in [0.05, 0.1) is 11.6 Å². The molecule has 156 valence electrons. The van der Waals surface area contributed by atoms with Gasteiger partial charge in [-0.15, -0.1) is 0 Å². The fourth-order valence-corrected chi connectivity index (χ4v) is 3.46. The van der Waals surface area contributed by atoms with Crippen LogP contribution in [0.1, 0.15) is 25.6 Å². The first-order valence-electron chi connectivity index (χ1n) is 8.05. The maximum atomic E-state index is 10.8. The number of benzene rings is 2. The van der Waals surface area contributed by atoms with E-state index in [1.807, 2.05) is 0 Å². The number of nitrogens with zero attached hydrogens (tertiary/aromatic N) is 1. The molecule has 13 heteroatoms. The van der Waals surface area contributed by atoms with Crippen LogP contribution in [0.15, 0.2) is 72.9 Å². The van der Waals surface area contributed by atoms with Crippen molar-refractivity contribution in [2.24, 2.45) is 0 Å². The van der Waals surface area contributed by atoms with Crippen LogP contribution in [-0.2, 0) is 20.8 Å². The van der Waals surface area contributed by atoms with Crippen LogP contribution in [0, 0.1) is 0 Å². The third-order valence-electron chi connectivity index (χ3n) is 3.81. The number of pyridine rings is 1. The predicted octanol–water partition coefficient (Wildman–Crippen LogP) is -3.14. The van der Waals surface area contributed by atoms with Gasteiger partial charge in [0.25, 0.3) is 0 Å². The average molecular weight is 485 g/mol. The van der Waals surface area contributed by atoms with Crippen LogP contribution in [0.25, 0.3) is 0 Å². The summed E-state index contributed by atoms with van der Waals surface area (Å²) in [5, 5.41) is 0. The molecule has 31 heavy (non-hydrogen) atoms. The summed E-state index contributed by atoms with van der Waals surface area (Å²) in [5.41, 5.74) is 2.14. The molecule has 2 N–H and O–H groups in total. The minimum Gasteiger partial charge on any atom is -1.00 e. The molecule has 3 rings (SSSR count). The Bertz CT molecular complexity index is 1120. The number of rotatable bonds is 7. The van der Waals surface area contributed by atoms with Gasteiger partial charge in [-0.1, -0.05) is 30.3 Å². The van der Waals surface area contributed by atoms with Crippen LogP contribution in [-0.4, -0.2) is 30.9 Å². The second-order valence-electron chi connectivity index (χ2n) is 5.85. The molecule has 0 bridgehead atoms. The molecule has 0 saturated heterocycles. The summed E-state index contributed by atoms with van der Waals surface area (Å²) in [6.07, 6.45) is 1.62. The van der Waals surface area contributed by atoms with Gasteiger partial charge >= 0.3 is 79.9 Å². The first-order valence-corrected chi connectivity index (χ1v) is 10.8. The molecule has 0 unspecified atom stereocenters. The Hall–Kier alpha value is -0.990.